The summed E-state index contributed by atoms with van der Waals surface area (Å²) in [5.74, 6) is 1.43. The second-order valence-corrected chi connectivity index (χ2v) is 3.18. The Kier molecular flexibility index (Phi) is 7.54. The van der Waals surface area contributed by atoms with Crippen LogP contribution >= 0.6 is 11.6 Å². The molecule has 0 saturated heterocycles. The van der Waals surface area contributed by atoms with Gasteiger partial charge in [-0.2, -0.15) is 0 Å². The van der Waals surface area contributed by atoms with E-state index in [0.29, 0.717) is 12.5 Å². The van der Waals surface area contributed by atoms with Gasteiger partial charge >= 0.3 is 0 Å². The van der Waals surface area contributed by atoms with Gasteiger partial charge in [0.1, 0.15) is 0 Å². The molecule has 0 bridgehead atoms. The molecule has 0 aromatic carbocycles. The highest BCUT2D eigenvalue weighted by Gasteiger charge is 1.99. The van der Waals surface area contributed by atoms with Crippen molar-refractivity contribution in [2.75, 3.05) is 12.5 Å². The molecule has 1 unspecified atom stereocenters. The number of aliphatic hydroxyl groups is 1. The van der Waals surface area contributed by atoms with Crippen LogP contribution in [0.1, 0.15) is 32.6 Å². The molecule has 0 saturated carbocycles. The maximum Gasteiger partial charge on any atom is 0.0433 e. The largest absolute Gasteiger partial charge is 0.396 e. The molecular weight excluding hydrogens is 148 g/mol. The van der Waals surface area contributed by atoms with Crippen LogP contribution in [0.25, 0.3) is 0 Å². The van der Waals surface area contributed by atoms with Gasteiger partial charge < -0.3 is 5.11 Å². The lowest BCUT2D eigenvalue weighted by molar-refractivity contribution is 0.257. The van der Waals surface area contributed by atoms with Gasteiger partial charge in [-0.05, 0) is 18.8 Å². The van der Waals surface area contributed by atoms with Crippen LogP contribution in [0.4, 0.5) is 0 Å². The molecule has 0 spiro atoms. The summed E-state index contributed by atoms with van der Waals surface area (Å²) in [4.78, 5) is 0. The minimum absolute atomic E-state index is 0.321. The van der Waals surface area contributed by atoms with Crippen molar-refractivity contribution in [1.29, 1.82) is 0 Å². The lowest BCUT2D eigenvalue weighted by Gasteiger charge is -2.07. The number of rotatable bonds is 6. The van der Waals surface area contributed by atoms with Gasteiger partial charge in [-0.25, -0.2) is 0 Å². The molecule has 0 radical (unpaired) electrons. The van der Waals surface area contributed by atoms with E-state index in [9.17, 15) is 0 Å². The number of hydrogen-bond acceptors (Lipinski definition) is 1. The van der Waals surface area contributed by atoms with Crippen molar-refractivity contribution in [1.82, 2.24) is 0 Å². The molecule has 0 aliphatic heterocycles. The Morgan fingerprint density at radius 1 is 1.30 bits per heavy atom. The molecule has 0 fully saturated rings. The Morgan fingerprint density at radius 3 is 2.50 bits per heavy atom. The van der Waals surface area contributed by atoms with Gasteiger partial charge in [0.15, 0.2) is 0 Å². The Bertz CT molecular complexity index is 66.3. The highest BCUT2D eigenvalue weighted by molar-refractivity contribution is 6.17. The Morgan fingerprint density at radius 2 is 2.00 bits per heavy atom. The zero-order valence-corrected chi connectivity index (χ0v) is 7.40. The van der Waals surface area contributed by atoms with E-state index in [1.165, 1.54) is 12.8 Å². The van der Waals surface area contributed by atoms with E-state index in [4.69, 9.17) is 16.7 Å². The molecule has 1 atom stereocenters. The minimum Gasteiger partial charge on any atom is -0.396 e. The molecule has 0 amide bonds. The van der Waals surface area contributed by atoms with Crippen LogP contribution in [0.3, 0.4) is 0 Å². The lowest BCUT2D eigenvalue weighted by atomic mass is 10.0. The summed E-state index contributed by atoms with van der Waals surface area (Å²) in [5, 5.41) is 8.57. The van der Waals surface area contributed by atoms with Crippen LogP contribution in [-0.2, 0) is 0 Å². The number of halogens is 1. The van der Waals surface area contributed by atoms with Crippen LogP contribution in [-0.4, -0.2) is 17.6 Å². The summed E-state index contributed by atoms with van der Waals surface area (Å²) in [6.07, 6.45) is 4.44. The van der Waals surface area contributed by atoms with Crippen molar-refractivity contribution in [3.8, 4) is 0 Å². The van der Waals surface area contributed by atoms with Crippen molar-refractivity contribution < 1.29 is 5.11 Å². The molecule has 0 aliphatic carbocycles. The molecule has 2 heteroatoms. The smallest absolute Gasteiger partial charge is 0.0433 e. The quantitative estimate of drug-likeness (QED) is 0.472. The van der Waals surface area contributed by atoms with E-state index in [1.54, 1.807) is 0 Å². The van der Waals surface area contributed by atoms with Gasteiger partial charge in [0.25, 0.3) is 0 Å². The SMILES string of the molecule is CC(CCO)CCCCCl. The van der Waals surface area contributed by atoms with Crippen molar-refractivity contribution >= 4 is 11.6 Å². The third kappa shape index (κ3) is 6.37. The summed E-state index contributed by atoms with van der Waals surface area (Å²) in [6.45, 7) is 2.49. The molecule has 0 aromatic rings. The van der Waals surface area contributed by atoms with Crippen LogP contribution < -0.4 is 0 Å². The van der Waals surface area contributed by atoms with E-state index < -0.39 is 0 Å². The average Bonchev–Trinajstić information content (AvgIpc) is 1.89. The third-order valence-electron chi connectivity index (χ3n) is 1.70. The predicted molar refractivity (Wildman–Crippen MR) is 45.4 cm³/mol. The van der Waals surface area contributed by atoms with E-state index >= 15 is 0 Å². The maximum atomic E-state index is 8.57. The highest BCUT2D eigenvalue weighted by Crippen LogP contribution is 2.11. The Balaban J connectivity index is 2.97. The summed E-state index contributed by atoms with van der Waals surface area (Å²) in [5.41, 5.74) is 0. The molecule has 0 aliphatic rings. The Labute approximate surface area is 68.4 Å². The molecule has 10 heavy (non-hydrogen) atoms. The number of unbranched alkanes of at least 4 members (excludes halogenated alkanes) is 1. The summed E-state index contributed by atoms with van der Waals surface area (Å²) >= 11 is 5.51. The molecule has 0 aromatic heterocycles. The molecule has 0 rings (SSSR count). The van der Waals surface area contributed by atoms with Gasteiger partial charge in [0.05, 0.1) is 0 Å². The number of aliphatic hydroxyl groups excluding tert-OH is 1. The normalized spacial score (nSPS) is 13.5. The highest BCUT2D eigenvalue weighted by atomic mass is 35.5. The van der Waals surface area contributed by atoms with E-state index in [-0.39, 0.29) is 0 Å². The molecule has 1 N–H and O–H groups in total. The van der Waals surface area contributed by atoms with Crippen molar-refractivity contribution in [2.24, 2.45) is 5.92 Å². The first kappa shape index (κ1) is 10.2. The molecular formula is C8H17ClO. The second kappa shape index (κ2) is 7.36. The van der Waals surface area contributed by atoms with Crippen LogP contribution in [0, 0.1) is 5.92 Å². The standard InChI is InChI=1S/C8H17ClO/c1-8(5-7-10)4-2-3-6-9/h8,10H,2-7H2,1H3. The molecule has 62 valence electrons. The van der Waals surface area contributed by atoms with Crippen molar-refractivity contribution in [3.63, 3.8) is 0 Å². The topological polar surface area (TPSA) is 20.2 Å². The van der Waals surface area contributed by atoms with Gasteiger partial charge in [0, 0.05) is 12.5 Å². The first-order valence-corrected chi connectivity index (χ1v) is 4.51. The summed E-state index contributed by atoms with van der Waals surface area (Å²) < 4.78 is 0. The molecule has 1 nitrogen and oxygen atoms in total. The minimum atomic E-state index is 0.321. The number of alkyl halides is 1. The fourth-order valence-corrected chi connectivity index (χ4v) is 1.14. The first-order valence-electron chi connectivity index (χ1n) is 3.98. The zero-order valence-electron chi connectivity index (χ0n) is 6.65. The van der Waals surface area contributed by atoms with Gasteiger partial charge in [-0.3, -0.25) is 0 Å². The fraction of sp³-hybridized carbons (Fsp3) is 1.00. The maximum absolute atomic E-state index is 8.57. The van der Waals surface area contributed by atoms with E-state index in [0.717, 1.165) is 18.7 Å². The second-order valence-electron chi connectivity index (χ2n) is 2.80. The summed E-state index contributed by atoms with van der Waals surface area (Å²) in [6, 6.07) is 0. The average molecular weight is 165 g/mol. The van der Waals surface area contributed by atoms with Crippen LogP contribution in [0.15, 0.2) is 0 Å². The van der Waals surface area contributed by atoms with Gasteiger partial charge in [-0.1, -0.05) is 19.8 Å². The zero-order chi connectivity index (χ0) is 7.82. The van der Waals surface area contributed by atoms with Crippen molar-refractivity contribution in [2.45, 2.75) is 32.6 Å². The van der Waals surface area contributed by atoms with Gasteiger partial charge in [-0.15, -0.1) is 11.6 Å². The number of hydrogen-bond donors (Lipinski definition) is 1. The van der Waals surface area contributed by atoms with Crippen molar-refractivity contribution in [3.05, 3.63) is 0 Å². The fourth-order valence-electron chi connectivity index (χ4n) is 0.952. The Hall–Kier alpha value is 0.250. The van der Waals surface area contributed by atoms with Crippen LogP contribution in [0.2, 0.25) is 0 Å². The summed E-state index contributed by atoms with van der Waals surface area (Å²) in [7, 11) is 0. The molecule has 0 heterocycles. The third-order valence-corrected chi connectivity index (χ3v) is 1.97. The van der Waals surface area contributed by atoms with Gasteiger partial charge in [0.2, 0.25) is 0 Å². The monoisotopic (exact) mass is 164 g/mol. The van der Waals surface area contributed by atoms with E-state index in [2.05, 4.69) is 6.92 Å². The first-order chi connectivity index (χ1) is 4.81. The lowest BCUT2D eigenvalue weighted by Crippen LogP contribution is -1.97. The predicted octanol–water partition coefficient (Wildman–Crippen LogP) is 2.41. The van der Waals surface area contributed by atoms with Crippen LogP contribution in [0.5, 0.6) is 0 Å². The van der Waals surface area contributed by atoms with E-state index in [1.807, 2.05) is 0 Å².